The van der Waals surface area contributed by atoms with Gasteiger partial charge < -0.3 is 15.0 Å². The van der Waals surface area contributed by atoms with Gasteiger partial charge in [0.15, 0.2) is 0 Å². The van der Waals surface area contributed by atoms with E-state index in [4.69, 9.17) is 15.4 Å². The van der Waals surface area contributed by atoms with Crippen LogP contribution in [0.2, 0.25) is 0 Å². The van der Waals surface area contributed by atoms with Crippen LogP contribution in [0.5, 0.6) is 0 Å². The number of aryl methyl sites for hydroxylation is 1. The first-order valence-corrected chi connectivity index (χ1v) is 10.4. The first-order chi connectivity index (χ1) is 15.2. The average Bonchev–Trinajstić information content (AvgIpc) is 3.58. The summed E-state index contributed by atoms with van der Waals surface area (Å²) < 4.78 is 2.07. The smallest absolute Gasteiger partial charge is 0.132 e. The van der Waals surface area contributed by atoms with Gasteiger partial charge in [0.1, 0.15) is 11.6 Å². The van der Waals surface area contributed by atoms with E-state index < -0.39 is 0 Å². The Morgan fingerprint density at radius 1 is 1.10 bits per heavy atom. The van der Waals surface area contributed by atoms with Gasteiger partial charge in [0.2, 0.25) is 0 Å². The molecule has 1 saturated carbocycles. The highest BCUT2D eigenvalue weighted by Gasteiger charge is 2.25. The van der Waals surface area contributed by atoms with Crippen molar-refractivity contribution in [1.29, 1.82) is 5.26 Å². The zero-order valence-electron chi connectivity index (χ0n) is 17.0. The van der Waals surface area contributed by atoms with E-state index in [1.807, 2.05) is 18.5 Å². The van der Waals surface area contributed by atoms with Crippen LogP contribution in [0.3, 0.4) is 0 Å². The average molecular weight is 410 g/mol. The molecule has 0 atom stereocenters. The second-order valence-corrected chi connectivity index (χ2v) is 7.83. The summed E-state index contributed by atoms with van der Waals surface area (Å²) in [5, 5.41) is 21.6. The van der Waals surface area contributed by atoms with Crippen LogP contribution < -0.4 is 5.32 Å². The van der Waals surface area contributed by atoms with Gasteiger partial charge in [-0.3, -0.25) is 0 Å². The molecule has 0 unspecified atom stereocenters. The highest BCUT2D eigenvalue weighted by molar-refractivity contribution is 5.82. The van der Waals surface area contributed by atoms with E-state index in [-0.39, 0.29) is 6.61 Å². The number of anilines is 2. The SMILES string of the molecule is N#Cc1ccnc(Nc2cc(C3CC3)cc(-c3ccc4ncn(CCCO)c4c3)n2)c1. The lowest BCUT2D eigenvalue weighted by Gasteiger charge is -2.11. The number of benzene rings is 1. The van der Waals surface area contributed by atoms with Gasteiger partial charge in [0.25, 0.3) is 0 Å². The Labute approximate surface area is 180 Å². The van der Waals surface area contributed by atoms with E-state index in [2.05, 4.69) is 44.1 Å². The quantitative estimate of drug-likeness (QED) is 0.469. The molecule has 0 saturated heterocycles. The van der Waals surface area contributed by atoms with Crippen LogP contribution in [0.1, 0.15) is 36.3 Å². The van der Waals surface area contributed by atoms with Gasteiger partial charge in [0, 0.05) is 24.9 Å². The molecule has 0 spiro atoms. The molecular weight excluding hydrogens is 388 g/mol. The van der Waals surface area contributed by atoms with Crippen molar-refractivity contribution >= 4 is 22.7 Å². The van der Waals surface area contributed by atoms with Crippen LogP contribution >= 0.6 is 0 Å². The Bertz CT molecular complexity index is 1280. The third-order valence-corrected chi connectivity index (χ3v) is 5.52. The Morgan fingerprint density at radius 2 is 2.00 bits per heavy atom. The first kappa shape index (κ1) is 19.2. The summed E-state index contributed by atoms with van der Waals surface area (Å²) in [6.07, 6.45) is 6.51. The molecular formula is C24H22N6O. The molecule has 0 amide bonds. The number of pyridine rings is 2. The van der Waals surface area contributed by atoms with Gasteiger partial charge in [-0.15, -0.1) is 0 Å². The van der Waals surface area contributed by atoms with Crippen molar-refractivity contribution in [1.82, 2.24) is 19.5 Å². The third kappa shape index (κ3) is 4.11. The van der Waals surface area contributed by atoms with E-state index in [0.717, 1.165) is 34.7 Å². The summed E-state index contributed by atoms with van der Waals surface area (Å²) in [7, 11) is 0. The molecule has 1 fully saturated rings. The zero-order chi connectivity index (χ0) is 21.2. The van der Waals surface area contributed by atoms with Crippen LogP contribution in [-0.2, 0) is 6.54 Å². The van der Waals surface area contributed by atoms with Crippen molar-refractivity contribution in [2.24, 2.45) is 0 Å². The number of nitriles is 1. The molecule has 3 heterocycles. The number of imidazole rings is 1. The standard InChI is InChI=1S/C24H22N6O/c25-14-16-6-7-26-23(10-16)29-24-13-19(17-2-3-17)11-21(28-24)18-4-5-20-22(12-18)30(15-27-20)8-1-9-31/h4-7,10-13,15,17,31H,1-3,8-9H2,(H,26,28,29). The largest absolute Gasteiger partial charge is 0.396 e. The Kier molecular flexibility index (Phi) is 5.06. The van der Waals surface area contributed by atoms with E-state index in [1.54, 1.807) is 18.3 Å². The summed E-state index contributed by atoms with van der Waals surface area (Å²) in [4.78, 5) is 13.6. The second-order valence-electron chi connectivity index (χ2n) is 7.83. The molecule has 2 N–H and O–H groups in total. The van der Waals surface area contributed by atoms with Crippen LogP contribution in [-0.4, -0.2) is 31.2 Å². The number of nitrogens with one attached hydrogen (secondary N) is 1. The van der Waals surface area contributed by atoms with Crippen LogP contribution in [0.4, 0.5) is 11.6 Å². The lowest BCUT2D eigenvalue weighted by molar-refractivity contribution is 0.280. The molecule has 31 heavy (non-hydrogen) atoms. The van der Waals surface area contributed by atoms with Gasteiger partial charge in [-0.05, 0) is 67.1 Å². The minimum absolute atomic E-state index is 0.153. The first-order valence-electron chi connectivity index (χ1n) is 10.4. The summed E-state index contributed by atoms with van der Waals surface area (Å²) >= 11 is 0. The van der Waals surface area contributed by atoms with E-state index in [0.29, 0.717) is 23.7 Å². The fraction of sp³-hybridized carbons (Fsp3) is 0.250. The number of aliphatic hydroxyl groups is 1. The Hall–Kier alpha value is -3.76. The second kappa shape index (κ2) is 8.17. The molecule has 3 aromatic heterocycles. The van der Waals surface area contributed by atoms with Crippen molar-refractivity contribution in [3.05, 3.63) is 66.1 Å². The minimum atomic E-state index is 0.153. The Morgan fingerprint density at radius 3 is 2.81 bits per heavy atom. The van der Waals surface area contributed by atoms with E-state index in [1.165, 1.54) is 18.4 Å². The molecule has 1 aliphatic carbocycles. The van der Waals surface area contributed by atoms with Gasteiger partial charge >= 0.3 is 0 Å². The van der Waals surface area contributed by atoms with Gasteiger partial charge in [-0.1, -0.05) is 6.07 Å². The van der Waals surface area contributed by atoms with Crippen molar-refractivity contribution in [2.45, 2.75) is 31.7 Å². The molecule has 7 nitrogen and oxygen atoms in total. The number of nitrogens with zero attached hydrogens (tertiary/aromatic N) is 5. The number of aliphatic hydroxyl groups excluding tert-OH is 1. The van der Waals surface area contributed by atoms with Crippen molar-refractivity contribution in [2.75, 3.05) is 11.9 Å². The molecule has 0 radical (unpaired) electrons. The molecule has 4 aromatic rings. The summed E-state index contributed by atoms with van der Waals surface area (Å²) in [6, 6.07) is 15.9. The maximum Gasteiger partial charge on any atom is 0.132 e. The highest BCUT2D eigenvalue weighted by atomic mass is 16.3. The molecule has 7 heteroatoms. The van der Waals surface area contributed by atoms with Crippen LogP contribution in [0.15, 0.2) is 55.0 Å². The van der Waals surface area contributed by atoms with Gasteiger partial charge in [0.05, 0.1) is 34.7 Å². The van der Waals surface area contributed by atoms with E-state index in [9.17, 15) is 0 Å². The molecule has 1 aliphatic rings. The third-order valence-electron chi connectivity index (χ3n) is 5.52. The number of aromatic nitrogens is 4. The fourth-order valence-corrected chi connectivity index (χ4v) is 3.75. The highest BCUT2D eigenvalue weighted by Crippen LogP contribution is 2.42. The van der Waals surface area contributed by atoms with Crippen molar-refractivity contribution < 1.29 is 5.11 Å². The van der Waals surface area contributed by atoms with Crippen LogP contribution in [0.25, 0.3) is 22.3 Å². The molecule has 1 aromatic carbocycles. The lowest BCUT2D eigenvalue weighted by atomic mass is 10.1. The molecule has 0 bridgehead atoms. The zero-order valence-corrected chi connectivity index (χ0v) is 17.0. The van der Waals surface area contributed by atoms with Crippen molar-refractivity contribution in [3.8, 4) is 17.3 Å². The fourth-order valence-electron chi connectivity index (χ4n) is 3.75. The maximum absolute atomic E-state index is 9.17. The van der Waals surface area contributed by atoms with Crippen molar-refractivity contribution in [3.63, 3.8) is 0 Å². The maximum atomic E-state index is 9.17. The number of hydrogen-bond donors (Lipinski definition) is 2. The number of rotatable bonds is 7. The molecule has 154 valence electrons. The van der Waals surface area contributed by atoms with Crippen LogP contribution in [0, 0.1) is 11.3 Å². The Balaban J connectivity index is 1.53. The lowest BCUT2D eigenvalue weighted by Crippen LogP contribution is -2.00. The minimum Gasteiger partial charge on any atom is -0.396 e. The number of fused-ring (bicyclic) bond motifs is 1. The monoisotopic (exact) mass is 410 g/mol. The van der Waals surface area contributed by atoms with Gasteiger partial charge in [-0.25, -0.2) is 15.0 Å². The molecule has 0 aliphatic heterocycles. The van der Waals surface area contributed by atoms with E-state index >= 15 is 0 Å². The normalized spacial score (nSPS) is 13.3. The molecule has 5 rings (SSSR count). The topological polar surface area (TPSA) is 99.7 Å². The number of hydrogen-bond acceptors (Lipinski definition) is 6. The summed E-state index contributed by atoms with van der Waals surface area (Å²) in [5.74, 6) is 1.89. The predicted octanol–water partition coefficient (Wildman–Crippen LogP) is 4.37. The summed E-state index contributed by atoms with van der Waals surface area (Å²) in [5.41, 5.74) is 5.68. The predicted molar refractivity (Wildman–Crippen MR) is 119 cm³/mol. The van der Waals surface area contributed by atoms with Gasteiger partial charge in [-0.2, -0.15) is 5.26 Å². The summed E-state index contributed by atoms with van der Waals surface area (Å²) in [6.45, 7) is 0.875.